The highest BCUT2D eigenvalue weighted by molar-refractivity contribution is 5.96. The summed E-state index contributed by atoms with van der Waals surface area (Å²) in [7, 11) is 0. The molecule has 2 rings (SSSR count). The Balaban J connectivity index is 2.15. The molecule has 0 radical (unpaired) electrons. The Kier molecular flexibility index (Phi) is 3.43. The largest absolute Gasteiger partial charge is 0.409 e. The van der Waals surface area contributed by atoms with Gasteiger partial charge in [0.15, 0.2) is 5.84 Å². The van der Waals surface area contributed by atoms with Gasteiger partial charge in [-0.1, -0.05) is 5.16 Å². The Bertz CT molecular complexity index is 400. The van der Waals surface area contributed by atoms with Crippen molar-refractivity contribution in [2.24, 2.45) is 10.9 Å². The van der Waals surface area contributed by atoms with E-state index < -0.39 is 0 Å². The van der Waals surface area contributed by atoms with Gasteiger partial charge in [-0.05, 0) is 25.0 Å². The van der Waals surface area contributed by atoms with Crippen LogP contribution in [0.3, 0.4) is 0 Å². The van der Waals surface area contributed by atoms with Gasteiger partial charge < -0.3 is 20.9 Å². The highest BCUT2D eigenvalue weighted by atomic mass is 16.4. The summed E-state index contributed by atoms with van der Waals surface area (Å²) in [4.78, 5) is 6.35. The summed E-state index contributed by atoms with van der Waals surface area (Å²) in [5, 5.41) is 20.5. The van der Waals surface area contributed by atoms with Gasteiger partial charge >= 0.3 is 0 Å². The number of hydrogen-bond acceptors (Lipinski definition) is 5. The minimum absolute atomic E-state index is 0.0455. The zero-order valence-corrected chi connectivity index (χ0v) is 9.45. The van der Waals surface area contributed by atoms with Crippen molar-refractivity contribution >= 4 is 11.7 Å². The minimum atomic E-state index is 0.0455. The molecule has 1 aromatic rings. The van der Waals surface area contributed by atoms with Crippen LogP contribution < -0.4 is 10.6 Å². The molecule has 0 saturated heterocycles. The number of pyridine rings is 1. The molecule has 1 aromatic heterocycles. The van der Waals surface area contributed by atoms with Gasteiger partial charge in [-0.2, -0.15) is 0 Å². The van der Waals surface area contributed by atoms with Crippen LogP contribution in [0.2, 0.25) is 0 Å². The maximum absolute atomic E-state index is 9.01. The number of nitrogens with zero attached hydrogens (tertiary/aromatic N) is 3. The maximum Gasteiger partial charge on any atom is 0.171 e. The summed E-state index contributed by atoms with van der Waals surface area (Å²) < 4.78 is 0. The molecule has 1 aliphatic rings. The summed E-state index contributed by atoms with van der Waals surface area (Å²) in [5.41, 5.74) is 6.04. The Labute approximate surface area is 99.4 Å². The van der Waals surface area contributed by atoms with E-state index >= 15 is 0 Å². The van der Waals surface area contributed by atoms with E-state index in [1.165, 1.54) is 0 Å². The molecule has 4 N–H and O–H groups in total. The van der Waals surface area contributed by atoms with E-state index in [1.54, 1.807) is 12.3 Å². The number of rotatable bonds is 5. The Hall–Kier alpha value is -1.82. The quantitative estimate of drug-likeness (QED) is 0.292. The van der Waals surface area contributed by atoms with E-state index in [-0.39, 0.29) is 12.4 Å². The molecule has 0 aromatic carbocycles. The molecule has 92 valence electrons. The number of aliphatic hydroxyl groups is 1. The molecule has 0 atom stereocenters. The molecule has 17 heavy (non-hydrogen) atoms. The molecule has 0 unspecified atom stereocenters. The van der Waals surface area contributed by atoms with Crippen molar-refractivity contribution in [3.63, 3.8) is 0 Å². The molecule has 1 aliphatic carbocycles. The van der Waals surface area contributed by atoms with Crippen LogP contribution in [-0.4, -0.2) is 40.3 Å². The van der Waals surface area contributed by atoms with Crippen LogP contribution in [0.1, 0.15) is 18.4 Å². The monoisotopic (exact) mass is 236 g/mol. The van der Waals surface area contributed by atoms with Gasteiger partial charge in [0.05, 0.1) is 6.61 Å². The highest BCUT2D eigenvalue weighted by Gasteiger charge is 2.29. The van der Waals surface area contributed by atoms with Crippen LogP contribution in [0.5, 0.6) is 0 Å². The van der Waals surface area contributed by atoms with E-state index in [2.05, 4.69) is 15.0 Å². The van der Waals surface area contributed by atoms with Crippen molar-refractivity contribution in [2.75, 3.05) is 18.1 Å². The highest BCUT2D eigenvalue weighted by Crippen LogP contribution is 2.30. The fourth-order valence-corrected chi connectivity index (χ4v) is 1.74. The molecule has 6 nitrogen and oxygen atoms in total. The third-order valence-corrected chi connectivity index (χ3v) is 2.77. The third-order valence-electron chi connectivity index (χ3n) is 2.77. The predicted molar refractivity (Wildman–Crippen MR) is 64.2 cm³/mol. The Morgan fingerprint density at radius 3 is 2.76 bits per heavy atom. The second kappa shape index (κ2) is 5.01. The number of oxime groups is 1. The first-order chi connectivity index (χ1) is 8.26. The topological polar surface area (TPSA) is 95.0 Å². The first kappa shape index (κ1) is 11.7. The number of aliphatic hydroxyl groups excluding tert-OH is 1. The van der Waals surface area contributed by atoms with Gasteiger partial charge in [0.1, 0.15) is 5.82 Å². The first-order valence-corrected chi connectivity index (χ1v) is 5.57. The Morgan fingerprint density at radius 1 is 1.53 bits per heavy atom. The summed E-state index contributed by atoms with van der Waals surface area (Å²) >= 11 is 0. The molecule has 6 heteroatoms. The van der Waals surface area contributed by atoms with Gasteiger partial charge in [-0.25, -0.2) is 4.98 Å². The van der Waals surface area contributed by atoms with E-state index in [9.17, 15) is 0 Å². The van der Waals surface area contributed by atoms with Gasteiger partial charge in [-0.3, -0.25) is 0 Å². The average Bonchev–Trinajstić information content (AvgIpc) is 3.19. The van der Waals surface area contributed by atoms with E-state index in [1.807, 2.05) is 6.07 Å². The molecule has 1 fully saturated rings. The van der Waals surface area contributed by atoms with Crippen LogP contribution in [0, 0.1) is 0 Å². The minimum Gasteiger partial charge on any atom is -0.409 e. The second-order valence-electron chi connectivity index (χ2n) is 4.04. The van der Waals surface area contributed by atoms with Crippen LogP contribution in [0.25, 0.3) is 0 Å². The maximum atomic E-state index is 9.01. The number of hydrogen-bond donors (Lipinski definition) is 3. The standard InChI is InChI=1S/C11H16N4O2/c12-11(14-17)8-1-4-10(13-7-8)15(5-6-16)9-2-3-9/h1,4,7,9,16-17H,2-3,5-6H2,(H2,12,14). The fraction of sp³-hybridized carbons (Fsp3) is 0.455. The van der Waals surface area contributed by atoms with Crippen molar-refractivity contribution in [2.45, 2.75) is 18.9 Å². The zero-order chi connectivity index (χ0) is 12.3. The SMILES string of the molecule is NC(=NO)c1ccc(N(CCO)C2CC2)nc1. The lowest BCUT2D eigenvalue weighted by Crippen LogP contribution is -2.29. The van der Waals surface area contributed by atoms with Crippen LogP contribution in [0.15, 0.2) is 23.5 Å². The second-order valence-corrected chi connectivity index (χ2v) is 4.04. The summed E-state index contributed by atoms with van der Waals surface area (Å²) in [5.74, 6) is 0.861. The molecule has 1 saturated carbocycles. The van der Waals surface area contributed by atoms with Crippen LogP contribution >= 0.6 is 0 Å². The van der Waals surface area contributed by atoms with Crippen molar-refractivity contribution in [3.05, 3.63) is 23.9 Å². The van der Waals surface area contributed by atoms with Gasteiger partial charge in [0.2, 0.25) is 0 Å². The summed E-state index contributed by atoms with van der Waals surface area (Å²) in [6.07, 6.45) is 3.85. The number of aromatic nitrogens is 1. The van der Waals surface area contributed by atoms with E-state index in [4.69, 9.17) is 16.0 Å². The van der Waals surface area contributed by atoms with Crippen molar-refractivity contribution in [1.82, 2.24) is 4.98 Å². The van der Waals surface area contributed by atoms with E-state index in [0.717, 1.165) is 18.7 Å². The lowest BCUT2D eigenvalue weighted by molar-refractivity contribution is 0.301. The molecule has 0 spiro atoms. The van der Waals surface area contributed by atoms with Crippen LogP contribution in [-0.2, 0) is 0 Å². The van der Waals surface area contributed by atoms with Crippen molar-refractivity contribution < 1.29 is 10.3 Å². The molecular weight excluding hydrogens is 220 g/mol. The van der Waals surface area contributed by atoms with Crippen molar-refractivity contribution in [3.8, 4) is 0 Å². The van der Waals surface area contributed by atoms with Crippen LogP contribution in [0.4, 0.5) is 5.82 Å². The fourth-order valence-electron chi connectivity index (χ4n) is 1.74. The predicted octanol–water partition coefficient (Wildman–Crippen LogP) is 0.137. The number of amidine groups is 1. The summed E-state index contributed by atoms with van der Waals surface area (Å²) in [6, 6.07) is 4.07. The lowest BCUT2D eigenvalue weighted by Gasteiger charge is -2.22. The van der Waals surface area contributed by atoms with Gasteiger partial charge in [-0.15, -0.1) is 0 Å². The normalized spacial score (nSPS) is 15.9. The average molecular weight is 236 g/mol. The zero-order valence-electron chi connectivity index (χ0n) is 9.45. The van der Waals surface area contributed by atoms with Gasteiger partial charge in [0, 0.05) is 24.3 Å². The smallest absolute Gasteiger partial charge is 0.171 e. The number of anilines is 1. The molecule has 0 amide bonds. The lowest BCUT2D eigenvalue weighted by atomic mass is 10.2. The molecule has 0 aliphatic heterocycles. The van der Waals surface area contributed by atoms with Crippen molar-refractivity contribution in [1.29, 1.82) is 0 Å². The molecule has 0 bridgehead atoms. The third kappa shape index (κ3) is 2.65. The first-order valence-electron chi connectivity index (χ1n) is 5.57. The molecule has 1 heterocycles. The molecular formula is C11H16N4O2. The summed E-state index contributed by atoms with van der Waals surface area (Å²) in [6.45, 7) is 0.695. The van der Waals surface area contributed by atoms with Gasteiger partial charge in [0.25, 0.3) is 0 Å². The Morgan fingerprint density at radius 2 is 2.29 bits per heavy atom. The number of nitrogens with two attached hydrogens (primary N) is 1. The van der Waals surface area contributed by atoms with E-state index in [0.29, 0.717) is 18.2 Å².